The van der Waals surface area contributed by atoms with Crippen LogP contribution in [0.25, 0.3) is 22.2 Å². The van der Waals surface area contributed by atoms with Crippen LogP contribution < -0.4 is 6.15 Å². The van der Waals surface area contributed by atoms with E-state index in [2.05, 4.69) is 63.9 Å². The molecule has 4 rings (SSSR count). The molecule has 0 fully saturated rings. The van der Waals surface area contributed by atoms with Gasteiger partial charge >= 0.3 is 0 Å². The van der Waals surface area contributed by atoms with Crippen molar-refractivity contribution in [1.29, 1.82) is 0 Å². The van der Waals surface area contributed by atoms with Crippen molar-refractivity contribution in [2.45, 2.75) is 0 Å². The second-order valence-corrected chi connectivity index (χ2v) is 4.54. The number of hydrogen-bond donors (Lipinski definition) is 2. The molecule has 22 heavy (non-hydrogen) atoms. The van der Waals surface area contributed by atoms with Crippen LogP contribution in [0.15, 0.2) is 84.9 Å². The number of aromatic nitrogens is 3. The van der Waals surface area contributed by atoms with Gasteiger partial charge in [0.25, 0.3) is 0 Å². The standard InChI is InChI=1S/C12H10.C6H5N3.H3N/c1-3-7-11(8-4-1)12-9-5-2-6-10-12;1-2-4-6-5(3-1)7-9-8-6;/h1-10H;1-4H,(H,7,8,9);1H3. The molecule has 0 atom stereocenters. The van der Waals surface area contributed by atoms with E-state index < -0.39 is 0 Å². The summed E-state index contributed by atoms with van der Waals surface area (Å²) < 4.78 is 0. The van der Waals surface area contributed by atoms with Crippen molar-refractivity contribution in [2.75, 3.05) is 0 Å². The Bertz CT molecular complexity index is 727. The zero-order valence-corrected chi connectivity index (χ0v) is 12.2. The fraction of sp³-hybridized carbons (Fsp3) is 0. The summed E-state index contributed by atoms with van der Waals surface area (Å²) in [6.07, 6.45) is 0. The third-order valence-corrected chi connectivity index (χ3v) is 3.10. The van der Waals surface area contributed by atoms with Gasteiger partial charge in [0.15, 0.2) is 0 Å². The Morgan fingerprint density at radius 3 is 1.27 bits per heavy atom. The Balaban J connectivity index is 0.000000159. The predicted molar refractivity (Wildman–Crippen MR) is 90.8 cm³/mol. The van der Waals surface area contributed by atoms with Crippen molar-refractivity contribution >= 4 is 11.0 Å². The minimum absolute atomic E-state index is 0. The monoisotopic (exact) mass is 290 g/mol. The normalized spacial score (nSPS) is 9.45. The van der Waals surface area contributed by atoms with Crippen molar-refractivity contribution in [3.05, 3.63) is 84.9 Å². The third-order valence-electron chi connectivity index (χ3n) is 3.10. The first-order chi connectivity index (χ1) is 10.4. The fourth-order valence-electron chi connectivity index (χ4n) is 2.05. The summed E-state index contributed by atoms with van der Waals surface area (Å²) in [7, 11) is 0. The van der Waals surface area contributed by atoms with Crippen LogP contribution in [-0.4, -0.2) is 15.4 Å². The van der Waals surface area contributed by atoms with Gasteiger partial charge in [-0.05, 0) is 23.3 Å². The zero-order valence-electron chi connectivity index (χ0n) is 12.2. The molecule has 0 radical (unpaired) electrons. The van der Waals surface area contributed by atoms with E-state index in [-0.39, 0.29) is 6.15 Å². The SMILES string of the molecule is N.c1ccc(-c2ccccc2)cc1.c1ccc2n[nH]nc2c1. The maximum absolute atomic E-state index is 3.88. The van der Waals surface area contributed by atoms with E-state index in [0.717, 1.165) is 11.0 Å². The molecular weight excluding hydrogens is 272 g/mol. The summed E-state index contributed by atoms with van der Waals surface area (Å²) in [5, 5.41) is 10.3. The molecule has 0 amide bonds. The van der Waals surface area contributed by atoms with Crippen LogP contribution in [0, 0.1) is 0 Å². The fourth-order valence-corrected chi connectivity index (χ4v) is 2.05. The number of H-pyrrole nitrogens is 1. The molecule has 0 aliphatic heterocycles. The maximum atomic E-state index is 3.88. The molecule has 0 saturated carbocycles. The van der Waals surface area contributed by atoms with Crippen molar-refractivity contribution in [1.82, 2.24) is 21.6 Å². The predicted octanol–water partition coefficient (Wildman–Crippen LogP) is 4.47. The molecule has 110 valence electrons. The maximum Gasteiger partial charge on any atom is 0.112 e. The highest BCUT2D eigenvalue weighted by Gasteiger charge is 1.92. The van der Waals surface area contributed by atoms with Crippen LogP contribution in [-0.2, 0) is 0 Å². The lowest BCUT2D eigenvalue weighted by Gasteiger charge is -1.98. The minimum atomic E-state index is 0. The van der Waals surface area contributed by atoms with Crippen LogP contribution in [0.4, 0.5) is 0 Å². The molecule has 0 spiro atoms. The number of para-hydroxylation sites is 2. The first-order valence-electron chi connectivity index (χ1n) is 6.79. The third kappa shape index (κ3) is 3.77. The van der Waals surface area contributed by atoms with Gasteiger partial charge in [0.1, 0.15) is 11.0 Å². The molecule has 0 unspecified atom stereocenters. The molecule has 1 heterocycles. The molecule has 0 saturated heterocycles. The van der Waals surface area contributed by atoms with Gasteiger partial charge in [-0.15, -0.1) is 0 Å². The molecule has 0 bridgehead atoms. The van der Waals surface area contributed by atoms with Crippen LogP contribution in [0.2, 0.25) is 0 Å². The topological polar surface area (TPSA) is 76.6 Å². The number of benzene rings is 3. The summed E-state index contributed by atoms with van der Waals surface area (Å²) in [6.45, 7) is 0. The first-order valence-corrected chi connectivity index (χ1v) is 6.79. The molecule has 3 aromatic carbocycles. The summed E-state index contributed by atoms with van der Waals surface area (Å²) in [6, 6.07) is 28.5. The van der Waals surface area contributed by atoms with Crippen LogP contribution in [0.5, 0.6) is 0 Å². The molecule has 0 aliphatic rings. The lowest BCUT2D eigenvalue weighted by molar-refractivity contribution is 0.959. The van der Waals surface area contributed by atoms with Crippen LogP contribution >= 0.6 is 0 Å². The number of aromatic amines is 1. The lowest BCUT2D eigenvalue weighted by Crippen LogP contribution is -1.73. The van der Waals surface area contributed by atoms with E-state index in [9.17, 15) is 0 Å². The average molecular weight is 290 g/mol. The lowest BCUT2D eigenvalue weighted by atomic mass is 10.1. The van der Waals surface area contributed by atoms with Gasteiger partial charge in [-0.2, -0.15) is 15.4 Å². The second kappa shape index (κ2) is 7.71. The molecule has 4 nitrogen and oxygen atoms in total. The highest BCUT2D eigenvalue weighted by atomic mass is 15.3. The quantitative estimate of drug-likeness (QED) is 0.543. The van der Waals surface area contributed by atoms with Gasteiger partial charge in [0.2, 0.25) is 0 Å². The first kappa shape index (κ1) is 15.4. The number of rotatable bonds is 1. The van der Waals surface area contributed by atoms with Crippen molar-refractivity contribution in [3.8, 4) is 11.1 Å². The Kier molecular flexibility index (Phi) is 5.40. The summed E-state index contributed by atoms with van der Waals surface area (Å²) in [5.41, 5.74) is 4.38. The van der Waals surface area contributed by atoms with Gasteiger partial charge < -0.3 is 6.15 Å². The van der Waals surface area contributed by atoms with Gasteiger partial charge in [0, 0.05) is 0 Å². The molecule has 4 N–H and O–H groups in total. The highest BCUT2D eigenvalue weighted by Crippen LogP contribution is 2.17. The molecular formula is C18H18N4. The van der Waals surface area contributed by atoms with Crippen LogP contribution in [0.3, 0.4) is 0 Å². The van der Waals surface area contributed by atoms with Crippen molar-refractivity contribution in [3.63, 3.8) is 0 Å². The van der Waals surface area contributed by atoms with E-state index in [1.807, 2.05) is 36.4 Å². The number of hydrogen-bond acceptors (Lipinski definition) is 3. The summed E-state index contributed by atoms with van der Waals surface area (Å²) >= 11 is 0. The van der Waals surface area contributed by atoms with Gasteiger partial charge in [-0.3, -0.25) is 0 Å². The van der Waals surface area contributed by atoms with E-state index in [1.165, 1.54) is 11.1 Å². The smallest absolute Gasteiger partial charge is 0.112 e. The van der Waals surface area contributed by atoms with E-state index >= 15 is 0 Å². The highest BCUT2D eigenvalue weighted by molar-refractivity contribution is 5.72. The second-order valence-electron chi connectivity index (χ2n) is 4.54. The number of nitrogens with one attached hydrogen (secondary N) is 1. The summed E-state index contributed by atoms with van der Waals surface area (Å²) in [4.78, 5) is 0. The summed E-state index contributed by atoms with van der Waals surface area (Å²) in [5.74, 6) is 0. The molecule has 4 heteroatoms. The van der Waals surface area contributed by atoms with E-state index in [1.54, 1.807) is 0 Å². The number of fused-ring (bicyclic) bond motifs is 1. The Labute approximate surface area is 129 Å². The Morgan fingerprint density at radius 1 is 0.500 bits per heavy atom. The zero-order chi connectivity index (χ0) is 14.3. The Hall–Kier alpha value is -2.98. The Morgan fingerprint density at radius 2 is 0.864 bits per heavy atom. The van der Waals surface area contributed by atoms with Crippen LogP contribution in [0.1, 0.15) is 0 Å². The van der Waals surface area contributed by atoms with E-state index in [4.69, 9.17) is 0 Å². The van der Waals surface area contributed by atoms with Crippen molar-refractivity contribution in [2.24, 2.45) is 0 Å². The molecule has 4 aromatic rings. The van der Waals surface area contributed by atoms with Gasteiger partial charge in [0.05, 0.1) is 0 Å². The number of nitrogens with zero attached hydrogens (tertiary/aromatic N) is 2. The molecule has 0 aliphatic carbocycles. The van der Waals surface area contributed by atoms with E-state index in [0.29, 0.717) is 0 Å². The van der Waals surface area contributed by atoms with Gasteiger partial charge in [-0.25, -0.2) is 0 Å². The average Bonchev–Trinajstić information content (AvgIpc) is 3.06. The molecule has 1 aromatic heterocycles. The minimum Gasteiger partial charge on any atom is -0.344 e. The largest absolute Gasteiger partial charge is 0.344 e. The van der Waals surface area contributed by atoms with Crippen molar-refractivity contribution < 1.29 is 0 Å². The van der Waals surface area contributed by atoms with Gasteiger partial charge in [-0.1, -0.05) is 72.8 Å².